The Kier molecular flexibility index (Phi) is 5.62. The van der Waals surface area contributed by atoms with Gasteiger partial charge in [-0.1, -0.05) is 19.1 Å². The van der Waals surface area contributed by atoms with Gasteiger partial charge in [-0.05, 0) is 38.0 Å². The second-order valence-electron chi connectivity index (χ2n) is 5.83. The molecule has 2 rings (SSSR count). The Bertz CT molecular complexity index is 467. The molecule has 1 aromatic carbocycles. The van der Waals surface area contributed by atoms with E-state index < -0.39 is 0 Å². The van der Waals surface area contributed by atoms with Crippen LogP contribution in [-0.4, -0.2) is 49.6 Å². The van der Waals surface area contributed by atoms with Crippen molar-refractivity contribution >= 4 is 11.6 Å². The predicted octanol–water partition coefficient (Wildman–Crippen LogP) is 2.03. The standard InChI is InChI=1S/C17H27N3O/c1-4-8-18-17(21)15(3)19-9-11-20(12-10-19)16-7-5-6-14(2)13-16/h5-7,13,15H,4,8-12H2,1-3H3,(H,18,21)/t15-/m0/s1. The van der Waals surface area contributed by atoms with Gasteiger partial charge >= 0.3 is 0 Å². The minimum absolute atomic E-state index is 0.0313. The van der Waals surface area contributed by atoms with Crippen molar-refractivity contribution in [2.24, 2.45) is 0 Å². The van der Waals surface area contributed by atoms with Crippen molar-refractivity contribution in [2.75, 3.05) is 37.6 Å². The molecule has 0 bridgehead atoms. The molecule has 1 fully saturated rings. The molecule has 1 heterocycles. The molecule has 1 atom stereocenters. The number of anilines is 1. The Hall–Kier alpha value is -1.55. The molecule has 0 aliphatic carbocycles. The highest BCUT2D eigenvalue weighted by molar-refractivity contribution is 5.81. The maximum absolute atomic E-state index is 12.0. The first kappa shape index (κ1) is 15.8. The van der Waals surface area contributed by atoms with E-state index in [1.54, 1.807) is 0 Å². The molecule has 1 N–H and O–H groups in total. The fraction of sp³-hybridized carbons (Fsp3) is 0.588. The number of piperazine rings is 1. The summed E-state index contributed by atoms with van der Waals surface area (Å²) in [5, 5.41) is 2.99. The van der Waals surface area contributed by atoms with Crippen molar-refractivity contribution in [3.8, 4) is 0 Å². The lowest BCUT2D eigenvalue weighted by Gasteiger charge is -2.38. The van der Waals surface area contributed by atoms with Crippen LogP contribution in [0, 0.1) is 6.92 Å². The van der Waals surface area contributed by atoms with Crippen LogP contribution in [0.4, 0.5) is 5.69 Å². The molecule has 0 saturated carbocycles. The van der Waals surface area contributed by atoms with E-state index in [4.69, 9.17) is 0 Å². The number of hydrogen-bond donors (Lipinski definition) is 1. The molecular weight excluding hydrogens is 262 g/mol. The fourth-order valence-corrected chi connectivity index (χ4v) is 2.75. The van der Waals surface area contributed by atoms with E-state index in [0.717, 1.165) is 39.1 Å². The Labute approximate surface area is 128 Å². The van der Waals surface area contributed by atoms with E-state index in [1.165, 1.54) is 11.3 Å². The predicted molar refractivity (Wildman–Crippen MR) is 87.7 cm³/mol. The zero-order valence-corrected chi connectivity index (χ0v) is 13.4. The molecule has 1 aromatic rings. The number of nitrogens with zero attached hydrogens (tertiary/aromatic N) is 2. The number of amides is 1. The van der Waals surface area contributed by atoms with Gasteiger partial charge in [0.2, 0.25) is 5.91 Å². The molecule has 4 heteroatoms. The van der Waals surface area contributed by atoms with Crippen LogP contribution in [0.25, 0.3) is 0 Å². The molecule has 4 nitrogen and oxygen atoms in total. The summed E-state index contributed by atoms with van der Waals surface area (Å²) in [4.78, 5) is 16.7. The maximum Gasteiger partial charge on any atom is 0.237 e. The number of hydrogen-bond acceptors (Lipinski definition) is 3. The molecule has 116 valence electrons. The van der Waals surface area contributed by atoms with Gasteiger partial charge in [-0.25, -0.2) is 0 Å². The van der Waals surface area contributed by atoms with E-state index >= 15 is 0 Å². The van der Waals surface area contributed by atoms with Crippen LogP contribution in [0.3, 0.4) is 0 Å². The van der Waals surface area contributed by atoms with Gasteiger partial charge in [0, 0.05) is 38.4 Å². The first-order chi connectivity index (χ1) is 10.1. The van der Waals surface area contributed by atoms with Gasteiger partial charge in [-0.15, -0.1) is 0 Å². The summed E-state index contributed by atoms with van der Waals surface area (Å²) in [6.07, 6.45) is 0.986. The summed E-state index contributed by atoms with van der Waals surface area (Å²) in [7, 11) is 0. The molecular formula is C17H27N3O. The van der Waals surface area contributed by atoms with Gasteiger partial charge in [-0.2, -0.15) is 0 Å². The van der Waals surface area contributed by atoms with Gasteiger partial charge in [0.05, 0.1) is 6.04 Å². The largest absolute Gasteiger partial charge is 0.369 e. The molecule has 1 saturated heterocycles. The van der Waals surface area contributed by atoms with Crippen LogP contribution in [0.1, 0.15) is 25.8 Å². The molecule has 0 radical (unpaired) electrons. The SMILES string of the molecule is CCCNC(=O)[C@H](C)N1CCN(c2cccc(C)c2)CC1. The normalized spacial score (nSPS) is 17.6. The third-order valence-corrected chi connectivity index (χ3v) is 4.16. The molecule has 0 unspecified atom stereocenters. The van der Waals surface area contributed by atoms with Crippen molar-refractivity contribution in [2.45, 2.75) is 33.2 Å². The van der Waals surface area contributed by atoms with E-state index in [1.807, 2.05) is 6.92 Å². The summed E-state index contributed by atoms with van der Waals surface area (Å²) in [5.41, 5.74) is 2.58. The first-order valence-electron chi connectivity index (χ1n) is 7.95. The smallest absolute Gasteiger partial charge is 0.237 e. The average Bonchev–Trinajstić information content (AvgIpc) is 2.52. The maximum atomic E-state index is 12.0. The summed E-state index contributed by atoms with van der Waals surface area (Å²) in [6, 6.07) is 8.60. The van der Waals surface area contributed by atoms with E-state index in [-0.39, 0.29) is 11.9 Å². The number of nitrogens with one attached hydrogen (secondary N) is 1. The Morgan fingerprint density at radius 1 is 1.29 bits per heavy atom. The lowest BCUT2D eigenvalue weighted by atomic mass is 10.1. The third kappa shape index (κ3) is 4.21. The van der Waals surface area contributed by atoms with Crippen molar-refractivity contribution in [3.63, 3.8) is 0 Å². The van der Waals surface area contributed by atoms with Crippen LogP contribution in [-0.2, 0) is 4.79 Å². The highest BCUT2D eigenvalue weighted by atomic mass is 16.2. The molecule has 0 aromatic heterocycles. The van der Waals surface area contributed by atoms with Crippen molar-refractivity contribution in [1.29, 1.82) is 0 Å². The highest BCUT2D eigenvalue weighted by Crippen LogP contribution is 2.18. The molecule has 1 aliphatic heterocycles. The Morgan fingerprint density at radius 3 is 2.62 bits per heavy atom. The lowest BCUT2D eigenvalue weighted by Crippen LogP contribution is -2.54. The highest BCUT2D eigenvalue weighted by Gasteiger charge is 2.25. The van der Waals surface area contributed by atoms with Crippen molar-refractivity contribution in [3.05, 3.63) is 29.8 Å². The topological polar surface area (TPSA) is 35.6 Å². The summed E-state index contributed by atoms with van der Waals surface area (Å²) in [5.74, 6) is 0.154. The number of benzene rings is 1. The van der Waals surface area contributed by atoms with Crippen LogP contribution in [0.2, 0.25) is 0 Å². The Morgan fingerprint density at radius 2 is 2.00 bits per heavy atom. The monoisotopic (exact) mass is 289 g/mol. The second kappa shape index (κ2) is 7.46. The van der Waals surface area contributed by atoms with Crippen LogP contribution >= 0.6 is 0 Å². The number of aryl methyl sites for hydroxylation is 1. The Balaban J connectivity index is 1.86. The van der Waals surface area contributed by atoms with Gasteiger partial charge in [0.1, 0.15) is 0 Å². The molecule has 21 heavy (non-hydrogen) atoms. The lowest BCUT2D eigenvalue weighted by molar-refractivity contribution is -0.126. The summed E-state index contributed by atoms with van der Waals surface area (Å²) < 4.78 is 0. The number of carbonyl (C=O) groups is 1. The average molecular weight is 289 g/mol. The quantitative estimate of drug-likeness (QED) is 0.901. The first-order valence-corrected chi connectivity index (χ1v) is 7.95. The third-order valence-electron chi connectivity index (χ3n) is 4.16. The fourth-order valence-electron chi connectivity index (χ4n) is 2.75. The summed E-state index contributed by atoms with van der Waals surface area (Å²) in [6.45, 7) is 10.8. The van der Waals surface area contributed by atoms with Crippen LogP contribution in [0.15, 0.2) is 24.3 Å². The minimum atomic E-state index is -0.0313. The second-order valence-corrected chi connectivity index (χ2v) is 5.83. The zero-order valence-electron chi connectivity index (χ0n) is 13.4. The molecule has 1 amide bonds. The van der Waals surface area contributed by atoms with E-state index in [9.17, 15) is 4.79 Å². The molecule has 1 aliphatic rings. The summed E-state index contributed by atoms with van der Waals surface area (Å²) >= 11 is 0. The van der Waals surface area contributed by atoms with Crippen molar-refractivity contribution in [1.82, 2.24) is 10.2 Å². The van der Waals surface area contributed by atoms with Crippen LogP contribution in [0.5, 0.6) is 0 Å². The van der Waals surface area contributed by atoms with Crippen molar-refractivity contribution < 1.29 is 4.79 Å². The van der Waals surface area contributed by atoms with Crippen LogP contribution < -0.4 is 10.2 Å². The van der Waals surface area contributed by atoms with Gasteiger partial charge < -0.3 is 10.2 Å². The zero-order chi connectivity index (χ0) is 15.2. The van der Waals surface area contributed by atoms with Gasteiger partial charge in [-0.3, -0.25) is 9.69 Å². The van der Waals surface area contributed by atoms with Gasteiger partial charge in [0.25, 0.3) is 0 Å². The number of carbonyl (C=O) groups excluding carboxylic acids is 1. The van der Waals surface area contributed by atoms with Gasteiger partial charge in [0.15, 0.2) is 0 Å². The van der Waals surface area contributed by atoms with E-state index in [0.29, 0.717) is 0 Å². The molecule has 0 spiro atoms. The van der Waals surface area contributed by atoms with E-state index in [2.05, 4.69) is 53.2 Å². The number of rotatable bonds is 5. The minimum Gasteiger partial charge on any atom is -0.369 e.